The van der Waals surface area contributed by atoms with Crippen LogP contribution in [0.2, 0.25) is 0 Å². The third-order valence-electron chi connectivity index (χ3n) is 3.18. The lowest BCUT2D eigenvalue weighted by molar-refractivity contribution is 0.0589. The molecule has 1 N–H and O–H groups in total. The second-order valence-corrected chi connectivity index (χ2v) is 5.99. The number of hydrogen-bond donors (Lipinski definition) is 1. The highest BCUT2D eigenvalue weighted by atomic mass is 16.6. The van der Waals surface area contributed by atoms with E-state index in [1.807, 2.05) is 32.9 Å². The van der Waals surface area contributed by atoms with Crippen molar-refractivity contribution in [2.75, 3.05) is 25.0 Å². The Morgan fingerprint density at radius 2 is 2.05 bits per heavy atom. The van der Waals surface area contributed by atoms with Crippen LogP contribution in [0.5, 0.6) is 0 Å². The third kappa shape index (κ3) is 3.47. The van der Waals surface area contributed by atoms with Crippen LogP contribution < -0.4 is 10.2 Å². The van der Waals surface area contributed by atoms with Gasteiger partial charge in [0.25, 0.3) is 0 Å². The van der Waals surface area contributed by atoms with E-state index in [1.54, 1.807) is 11.9 Å². The van der Waals surface area contributed by atoms with Crippen LogP contribution >= 0.6 is 0 Å². The zero-order valence-electron chi connectivity index (χ0n) is 12.1. The Morgan fingerprint density at radius 1 is 1.37 bits per heavy atom. The molecule has 0 unspecified atom stereocenters. The van der Waals surface area contributed by atoms with Crippen molar-refractivity contribution in [2.24, 2.45) is 0 Å². The molecule has 1 heterocycles. The highest BCUT2D eigenvalue weighted by molar-refractivity contribution is 5.87. The normalized spacial score (nSPS) is 15.8. The Bertz CT molecular complexity index is 461. The summed E-state index contributed by atoms with van der Waals surface area (Å²) in [6.07, 6.45) is -0.323. The first-order chi connectivity index (χ1) is 8.87. The van der Waals surface area contributed by atoms with Crippen LogP contribution in [0.1, 0.15) is 32.3 Å². The van der Waals surface area contributed by atoms with E-state index in [4.69, 9.17) is 4.74 Å². The van der Waals surface area contributed by atoms with E-state index in [2.05, 4.69) is 17.4 Å². The molecule has 0 saturated carbocycles. The second kappa shape index (κ2) is 5.21. The number of carbonyl (C=O) groups is 1. The van der Waals surface area contributed by atoms with E-state index in [9.17, 15) is 4.79 Å². The molecule has 19 heavy (non-hydrogen) atoms. The smallest absolute Gasteiger partial charge is 0.414 e. The maximum absolute atomic E-state index is 12.0. The van der Waals surface area contributed by atoms with Gasteiger partial charge in [0.15, 0.2) is 0 Å². The van der Waals surface area contributed by atoms with Crippen molar-refractivity contribution in [3.63, 3.8) is 0 Å². The summed E-state index contributed by atoms with van der Waals surface area (Å²) < 4.78 is 5.37. The van der Waals surface area contributed by atoms with E-state index in [-0.39, 0.29) is 6.09 Å². The minimum atomic E-state index is -0.471. The summed E-state index contributed by atoms with van der Waals surface area (Å²) in [4.78, 5) is 13.6. The number of amides is 1. The number of nitrogens with zero attached hydrogens (tertiary/aromatic N) is 1. The van der Waals surface area contributed by atoms with Gasteiger partial charge in [-0.05, 0) is 38.5 Å². The molecule has 1 aromatic carbocycles. The number of nitrogens with one attached hydrogen (secondary N) is 1. The molecule has 0 aromatic heterocycles. The largest absolute Gasteiger partial charge is 0.443 e. The van der Waals surface area contributed by atoms with Crippen LogP contribution in [0.4, 0.5) is 10.5 Å². The first-order valence-corrected chi connectivity index (χ1v) is 6.64. The Kier molecular flexibility index (Phi) is 3.80. The monoisotopic (exact) mass is 262 g/mol. The average molecular weight is 262 g/mol. The summed E-state index contributed by atoms with van der Waals surface area (Å²) in [5.74, 6) is 0.562. The van der Waals surface area contributed by atoms with Gasteiger partial charge in [-0.2, -0.15) is 0 Å². The van der Waals surface area contributed by atoms with Gasteiger partial charge in [-0.3, -0.25) is 4.90 Å². The standard InChI is InChI=1S/C15H22N2O2/c1-15(2,3)19-14(18)17(4)13-7-5-6-11(8-13)12-9-16-10-12/h5-8,12,16H,9-10H2,1-4H3. The molecule has 1 saturated heterocycles. The summed E-state index contributed by atoms with van der Waals surface area (Å²) in [5, 5.41) is 3.26. The van der Waals surface area contributed by atoms with E-state index in [0.29, 0.717) is 5.92 Å². The lowest BCUT2D eigenvalue weighted by Gasteiger charge is -2.29. The number of rotatable bonds is 2. The Morgan fingerprint density at radius 3 is 2.58 bits per heavy atom. The molecular weight excluding hydrogens is 240 g/mol. The molecule has 1 aromatic rings. The molecule has 1 aliphatic rings. The summed E-state index contributed by atoms with van der Waals surface area (Å²) in [6.45, 7) is 7.64. The van der Waals surface area contributed by atoms with Gasteiger partial charge in [0.1, 0.15) is 5.60 Å². The van der Waals surface area contributed by atoms with Crippen LogP contribution in [0, 0.1) is 0 Å². The van der Waals surface area contributed by atoms with Crippen molar-refractivity contribution in [3.8, 4) is 0 Å². The highest BCUT2D eigenvalue weighted by Gasteiger charge is 2.22. The van der Waals surface area contributed by atoms with Crippen LogP contribution in [0.25, 0.3) is 0 Å². The molecular formula is C15H22N2O2. The zero-order valence-corrected chi connectivity index (χ0v) is 12.1. The molecule has 0 aliphatic carbocycles. The van der Waals surface area contributed by atoms with Crippen molar-refractivity contribution < 1.29 is 9.53 Å². The van der Waals surface area contributed by atoms with Crippen molar-refractivity contribution in [2.45, 2.75) is 32.3 Å². The number of ether oxygens (including phenoxy) is 1. The Labute approximate surface area is 114 Å². The van der Waals surface area contributed by atoms with E-state index in [1.165, 1.54) is 5.56 Å². The Balaban J connectivity index is 2.10. The Hall–Kier alpha value is -1.55. The maximum Gasteiger partial charge on any atom is 0.414 e. The van der Waals surface area contributed by atoms with Crippen LogP contribution in [-0.2, 0) is 4.74 Å². The van der Waals surface area contributed by atoms with Crippen molar-refractivity contribution >= 4 is 11.8 Å². The van der Waals surface area contributed by atoms with Gasteiger partial charge in [-0.25, -0.2) is 4.79 Å². The predicted octanol–water partition coefficient (Wildman–Crippen LogP) is 2.74. The molecule has 4 heteroatoms. The first-order valence-electron chi connectivity index (χ1n) is 6.64. The SMILES string of the molecule is CN(C(=O)OC(C)(C)C)c1cccc(C2CNC2)c1. The quantitative estimate of drug-likeness (QED) is 0.891. The molecule has 104 valence electrons. The fourth-order valence-electron chi connectivity index (χ4n) is 1.95. The topological polar surface area (TPSA) is 41.6 Å². The summed E-state index contributed by atoms with van der Waals surface area (Å²) in [6, 6.07) is 8.09. The zero-order chi connectivity index (χ0) is 14.0. The summed E-state index contributed by atoms with van der Waals surface area (Å²) in [5.41, 5.74) is 1.67. The lowest BCUT2D eigenvalue weighted by Crippen LogP contribution is -2.40. The van der Waals surface area contributed by atoms with Crippen LogP contribution in [-0.4, -0.2) is 31.8 Å². The van der Waals surface area contributed by atoms with Crippen molar-refractivity contribution in [1.82, 2.24) is 5.32 Å². The molecule has 1 fully saturated rings. The van der Waals surface area contributed by atoms with Gasteiger partial charge in [0, 0.05) is 31.7 Å². The van der Waals surface area contributed by atoms with Gasteiger partial charge in [0.05, 0.1) is 0 Å². The molecule has 0 atom stereocenters. The number of hydrogen-bond acceptors (Lipinski definition) is 3. The lowest BCUT2D eigenvalue weighted by atomic mass is 9.93. The summed E-state index contributed by atoms with van der Waals surface area (Å²) in [7, 11) is 1.74. The fraction of sp³-hybridized carbons (Fsp3) is 0.533. The predicted molar refractivity (Wildman–Crippen MR) is 76.7 cm³/mol. The molecule has 1 amide bonds. The maximum atomic E-state index is 12.0. The molecule has 0 spiro atoms. The number of carbonyl (C=O) groups excluding carboxylic acids is 1. The fourth-order valence-corrected chi connectivity index (χ4v) is 1.95. The van der Waals surface area contributed by atoms with Gasteiger partial charge in [-0.15, -0.1) is 0 Å². The second-order valence-electron chi connectivity index (χ2n) is 5.99. The third-order valence-corrected chi connectivity index (χ3v) is 3.18. The van der Waals surface area contributed by atoms with Crippen molar-refractivity contribution in [3.05, 3.63) is 29.8 Å². The number of benzene rings is 1. The van der Waals surface area contributed by atoms with Crippen LogP contribution in [0.15, 0.2) is 24.3 Å². The van der Waals surface area contributed by atoms with Gasteiger partial charge in [0.2, 0.25) is 0 Å². The summed E-state index contributed by atoms with van der Waals surface area (Å²) >= 11 is 0. The average Bonchev–Trinajstić information content (AvgIpc) is 2.23. The minimum absolute atomic E-state index is 0.323. The van der Waals surface area contributed by atoms with Gasteiger partial charge in [-0.1, -0.05) is 12.1 Å². The minimum Gasteiger partial charge on any atom is -0.443 e. The molecule has 0 radical (unpaired) electrons. The molecule has 0 bridgehead atoms. The first kappa shape index (κ1) is 13.9. The highest BCUT2D eigenvalue weighted by Crippen LogP contribution is 2.25. The van der Waals surface area contributed by atoms with E-state index < -0.39 is 5.60 Å². The molecule has 2 rings (SSSR count). The van der Waals surface area contributed by atoms with Gasteiger partial charge >= 0.3 is 6.09 Å². The molecule has 1 aliphatic heterocycles. The van der Waals surface area contributed by atoms with Gasteiger partial charge < -0.3 is 10.1 Å². The number of anilines is 1. The van der Waals surface area contributed by atoms with Crippen LogP contribution in [0.3, 0.4) is 0 Å². The van der Waals surface area contributed by atoms with E-state index in [0.717, 1.165) is 18.8 Å². The van der Waals surface area contributed by atoms with Crippen molar-refractivity contribution in [1.29, 1.82) is 0 Å². The molecule has 4 nitrogen and oxygen atoms in total. The van der Waals surface area contributed by atoms with E-state index >= 15 is 0 Å².